The number of thiophene rings is 1. The van der Waals surface area contributed by atoms with Gasteiger partial charge in [0.25, 0.3) is 5.56 Å². The van der Waals surface area contributed by atoms with Crippen LogP contribution in [-0.4, -0.2) is 15.0 Å². The van der Waals surface area contributed by atoms with E-state index in [4.69, 9.17) is 4.42 Å². The van der Waals surface area contributed by atoms with Crippen molar-refractivity contribution >= 4 is 33.3 Å². The quantitative estimate of drug-likeness (QED) is 0.494. The van der Waals surface area contributed by atoms with Crippen molar-refractivity contribution < 1.29 is 4.42 Å². The predicted octanol–water partition coefficient (Wildman–Crippen LogP) is 4.78. The van der Waals surface area contributed by atoms with Crippen LogP contribution in [0.1, 0.15) is 48.1 Å². The summed E-state index contributed by atoms with van der Waals surface area (Å²) in [6, 6.07) is 0. The first-order valence-corrected chi connectivity index (χ1v) is 10.3. The van der Waals surface area contributed by atoms with Crippen molar-refractivity contribution in [2.24, 2.45) is 5.92 Å². The molecule has 0 aliphatic carbocycles. The number of aryl methyl sites for hydroxylation is 3. The average Bonchev–Trinajstić information content (AvgIpc) is 3.05. The van der Waals surface area contributed by atoms with Gasteiger partial charge in [-0.3, -0.25) is 4.79 Å². The minimum Gasteiger partial charge on any atom is -0.445 e. The van der Waals surface area contributed by atoms with E-state index in [2.05, 4.69) is 35.7 Å². The molecule has 1 unspecified atom stereocenters. The second-order valence-electron chi connectivity index (χ2n) is 6.44. The van der Waals surface area contributed by atoms with Crippen molar-refractivity contribution in [3.05, 3.63) is 38.1 Å². The van der Waals surface area contributed by atoms with E-state index in [0.29, 0.717) is 22.7 Å². The lowest BCUT2D eigenvalue weighted by Crippen LogP contribution is -2.11. The number of hydrogen-bond donors (Lipinski definition) is 1. The number of nitrogens with zero attached hydrogens (tertiary/aromatic N) is 2. The number of hydrogen-bond acceptors (Lipinski definition) is 6. The van der Waals surface area contributed by atoms with E-state index >= 15 is 0 Å². The van der Waals surface area contributed by atoms with Crippen LogP contribution in [0.3, 0.4) is 0 Å². The summed E-state index contributed by atoms with van der Waals surface area (Å²) in [6.45, 7) is 10.3. The van der Waals surface area contributed by atoms with Crippen LogP contribution in [-0.2, 0) is 12.2 Å². The highest BCUT2D eigenvalue weighted by atomic mass is 32.2. The number of nitrogens with one attached hydrogen (secondary N) is 1. The van der Waals surface area contributed by atoms with Gasteiger partial charge in [-0.1, -0.05) is 32.0 Å². The molecule has 1 N–H and O–H groups in total. The van der Waals surface area contributed by atoms with Gasteiger partial charge in [-0.2, -0.15) is 0 Å². The van der Waals surface area contributed by atoms with Crippen LogP contribution in [0.15, 0.2) is 14.4 Å². The molecule has 0 saturated heterocycles. The van der Waals surface area contributed by atoms with Gasteiger partial charge in [-0.15, -0.1) is 11.3 Å². The normalized spacial score (nSPS) is 12.8. The van der Waals surface area contributed by atoms with Crippen molar-refractivity contribution in [2.45, 2.75) is 58.4 Å². The standard InChI is InChI=1S/C18H23N3O2S2/c1-6-9(2)7-13-12(5)25-17-15(13)16(22)20-18(21-17)24-8-14-19-10(3)11(4)23-14/h9H,6-8H2,1-5H3,(H,20,21,22). The Morgan fingerprint density at radius 1 is 1.28 bits per heavy atom. The van der Waals surface area contributed by atoms with E-state index in [0.717, 1.165) is 40.1 Å². The van der Waals surface area contributed by atoms with Gasteiger partial charge in [0.1, 0.15) is 10.6 Å². The highest BCUT2D eigenvalue weighted by Crippen LogP contribution is 2.31. The number of H-pyrrole nitrogens is 1. The highest BCUT2D eigenvalue weighted by molar-refractivity contribution is 7.98. The van der Waals surface area contributed by atoms with Crippen molar-refractivity contribution in [1.29, 1.82) is 0 Å². The van der Waals surface area contributed by atoms with Gasteiger partial charge in [0.05, 0.1) is 16.8 Å². The van der Waals surface area contributed by atoms with Crippen LogP contribution in [0.25, 0.3) is 10.2 Å². The Hall–Kier alpha value is -1.60. The first-order valence-electron chi connectivity index (χ1n) is 8.47. The molecule has 0 spiro atoms. The molecule has 0 radical (unpaired) electrons. The maximum absolute atomic E-state index is 12.6. The van der Waals surface area contributed by atoms with Crippen LogP contribution >= 0.6 is 23.1 Å². The van der Waals surface area contributed by atoms with Gasteiger partial charge >= 0.3 is 0 Å². The van der Waals surface area contributed by atoms with E-state index in [9.17, 15) is 4.79 Å². The number of fused-ring (bicyclic) bond motifs is 1. The molecule has 0 aliphatic rings. The lowest BCUT2D eigenvalue weighted by Gasteiger charge is -2.08. The Bertz CT molecular complexity index is 936. The SMILES string of the molecule is CCC(C)Cc1c(C)sc2nc(SCc3nc(C)c(C)o3)[nH]c(=O)c12. The fourth-order valence-electron chi connectivity index (χ4n) is 2.69. The molecule has 0 aromatic carbocycles. The molecule has 0 aliphatic heterocycles. The molecule has 25 heavy (non-hydrogen) atoms. The van der Waals surface area contributed by atoms with Gasteiger partial charge in [-0.05, 0) is 38.7 Å². The molecule has 0 bridgehead atoms. The third-order valence-corrected chi connectivity index (χ3v) is 6.40. The summed E-state index contributed by atoms with van der Waals surface area (Å²) in [4.78, 5) is 26.6. The van der Waals surface area contributed by atoms with E-state index in [1.807, 2.05) is 13.8 Å². The van der Waals surface area contributed by atoms with E-state index in [-0.39, 0.29) is 5.56 Å². The van der Waals surface area contributed by atoms with Crippen molar-refractivity contribution in [3.8, 4) is 0 Å². The molecule has 0 fully saturated rings. The Morgan fingerprint density at radius 2 is 2.04 bits per heavy atom. The zero-order chi connectivity index (χ0) is 18.1. The topological polar surface area (TPSA) is 71.8 Å². The van der Waals surface area contributed by atoms with Gasteiger partial charge < -0.3 is 9.40 Å². The molecular weight excluding hydrogens is 354 g/mol. The summed E-state index contributed by atoms with van der Waals surface area (Å²) in [5, 5.41) is 1.37. The smallest absolute Gasteiger partial charge is 0.260 e. The molecule has 3 rings (SSSR count). The summed E-state index contributed by atoms with van der Waals surface area (Å²) in [5.74, 6) is 2.59. The number of oxazole rings is 1. The van der Waals surface area contributed by atoms with Gasteiger partial charge in [-0.25, -0.2) is 9.97 Å². The van der Waals surface area contributed by atoms with E-state index in [1.54, 1.807) is 11.3 Å². The molecule has 134 valence electrons. The number of aromatic amines is 1. The minimum atomic E-state index is -0.0464. The van der Waals surface area contributed by atoms with Crippen LogP contribution in [0.5, 0.6) is 0 Å². The van der Waals surface area contributed by atoms with Crippen LogP contribution < -0.4 is 5.56 Å². The van der Waals surface area contributed by atoms with Gasteiger partial charge in [0.2, 0.25) is 5.89 Å². The van der Waals surface area contributed by atoms with Crippen LogP contribution in [0.4, 0.5) is 0 Å². The molecule has 1 atom stereocenters. The minimum absolute atomic E-state index is 0.0464. The summed E-state index contributed by atoms with van der Waals surface area (Å²) in [7, 11) is 0. The van der Waals surface area contributed by atoms with Gasteiger partial charge in [0.15, 0.2) is 5.16 Å². The molecule has 7 heteroatoms. The Kier molecular flexibility index (Phi) is 5.34. The molecule has 0 saturated carbocycles. The third kappa shape index (κ3) is 3.82. The largest absolute Gasteiger partial charge is 0.445 e. The summed E-state index contributed by atoms with van der Waals surface area (Å²) in [6.07, 6.45) is 2.03. The third-order valence-electron chi connectivity index (χ3n) is 4.50. The van der Waals surface area contributed by atoms with Crippen LogP contribution in [0, 0.1) is 26.7 Å². The Morgan fingerprint density at radius 3 is 2.68 bits per heavy atom. The fourth-order valence-corrected chi connectivity index (χ4v) is 4.51. The fraction of sp³-hybridized carbons (Fsp3) is 0.500. The molecular formula is C18H23N3O2S2. The zero-order valence-electron chi connectivity index (χ0n) is 15.2. The predicted molar refractivity (Wildman–Crippen MR) is 104 cm³/mol. The summed E-state index contributed by atoms with van der Waals surface area (Å²) < 4.78 is 5.58. The van der Waals surface area contributed by atoms with E-state index < -0.39 is 0 Å². The molecule has 0 amide bonds. The lowest BCUT2D eigenvalue weighted by molar-refractivity contribution is 0.489. The Labute approximate surface area is 155 Å². The zero-order valence-corrected chi connectivity index (χ0v) is 16.9. The number of rotatable bonds is 6. The second kappa shape index (κ2) is 7.33. The first kappa shape index (κ1) is 18.2. The van der Waals surface area contributed by atoms with Crippen molar-refractivity contribution in [1.82, 2.24) is 15.0 Å². The second-order valence-corrected chi connectivity index (χ2v) is 8.61. The maximum Gasteiger partial charge on any atom is 0.260 e. The number of thioether (sulfide) groups is 1. The van der Waals surface area contributed by atoms with Crippen LogP contribution in [0.2, 0.25) is 0 Å². The number of aromatic nitrogens is 3. The molecule has 3 aromatic rings. The van der Waals surface area contributed by atoms with Gasteiger partial charge in [0, 0.05) is 4.88 Å². The maximum atomic E-state index is 12.6. The summed E-state index contributed by atoms with van der Waals surface area (Å²) >= 11 is 3.05. The first-order chi connectivity index (χ1) is 11.9. The molecule has 3 heterocycles. The highest BCUT2D eigenvalue weighted by Gasteiger charge is 2.17. The summed E-state index contributed by atoms with van der Waals surface area (Å²) in [5.41, 5.74) is 2.00. The molecule has 3 aromatic heterocycles. The van der Waals surface area contributed by atoms with Crippen molar-refractivity contribution in [2.75, 3.05) is 0 Å². The lowest BCUT2D eigenvalue weighted by atomic mass is 9.98. The molecule has 5 nitrogen and oxygen atoms in total. The van der Waals surface area contributed by atoms with Crippen molar-refractivity contribution in [3.63, 3.8) is 0 Å². The Balaban J connectivity index is 1.88. The van der Waals surface area contributed by atoms with E-state index in [1.165, 1.54) is 16.6 Å². The average molecular weight is 378 g/mol. The monoisotopic (exact) mass is 377 g/mol.